The zero-order chi connectivity index (χ0) is 13.8. The number of thiophene rings is 1. The van der Waals surface area contributed by atoms with E-state index in [1.807, 2.05) is 32.0 Å². The molecule has 3 nitrogen and oxygen atoms in total. The third-order valence-corrected chi connectivity index (χ3v) is 3.54. The lowest BCUT2D eigenvalue weighted by Crippen LogP contribution is -2.07. The Labute approximate surface area is 116 Å². The minimum atomic E-state index is -0.259. The second-order valence-electron chi connectivity index (χ2n) is 4.29. The minimum absolute atomic E-state index is 0.0775. The van der Waals surface area contributed by atoms with Crippen LogP contribution < -0.4 is 5.32 Å². The molecule has 0 atom stereocenters. The minimum Gasteiger partial charge on any atom is -0.506 e. The van der Waals surface area contributed by atoms with Crippen molar-refractivity contribution < 1.29 is 9.90 Å². The van der Waals surface area contributed by atoms with Crippen LogP contribution in [0.2, 0.25) is 0 Å². The Kier molecular flexibility index (Phi) is 4.02. The molecule has 1 aromatic carbocycles. The van der Waals surface area contributed by atoms with Crippen molar-refractivity contribution in [3.63, 3.8) is 0 Å². The number of benzene rings is 1. The van der Waals surface area contributed by atoms with E-state index in [4.69, 9.17) is 0 Å². The Bertz CT molecular complexity index is 629. The SMILES string of the molecule is Cc1ccc(NC(=O)/C=C/c2ccc(C)s2)c(O)c1. The summed E-state index contributed by atoms with van der Waals surface area (Å²) < 4.78 is 0. The summed E-state index contributed by atoms with van der Waals surface area (Å²) in [5, 5.41) is 12.3. The van der Waals surface area contributed by atoms with E-state index in [0.29, 0.717) is 5.69 Å². The van der Waals surface area contributed by atoms with Crippen LogP contribution in [0, 0.1) is 13.8 Å². The van der Waals surface area contributed by atoms with E-state index in [9.17, 15) is 9.90 Å². The molecule has 0 saturated carbocycles. The predicted molar refractivity (Wildman–Crippen MR) is 79.6 cm³/mol. The zero-order valence-electron chi connectivity index (χ0n) is 10.8. The van der Waals surface area contributed by atoms with Crippen LogP contribution in [0.25, 0.3) is 6.08 Å². The van der Waals surface area contributed by atoms with E-state index in [1.165, 1.54) is 11.0 Å². The third kappa shape index (κ3) is 3.69. The molecular formula is C15H15NO2S. The number of phenols is 1. The second-order valence-corrected chi connectivity index (χ2v) is 5.61. The van der Waals surface area contributed by atoms with Crippen LogP contribution in [0.5, 0.6) is 5.75 Å². The quantitative estimate of drug-likeness (QED) is 0.661. The molecule has 0 radical (unpaired) electrons. The lowest BCUT2D eigenvalue weighted by atomic mass is 10.2. The van der Waals surface area contributed by atoms with Crippen molar-refractivity contribution in [1.82, 2.24) is 0 Å². The van der Waals surface area contributed by atoms with E-state index in [1.54, 1.807) is 29.5 Å². The molecule has 0 fully saturated rings. The molecule has 0 bridgehead atoms. The Balaban J connectivity index is 2.03. The monoisotopic (exact) mass is 273 g/mol. The Hall–Kier alpha value is -2.07. The molecule has 0 aliphatic heterocycles. The number of hydrogen-bond donors (Lipinski definition) is 2. The van der Waals surface area contributed by atoms with E-state index in [0.717, 1.165) is 10.4 Å². The van der Waals surface area contributed by atoms with Crippen molar-refractivity contribution in [3.8, 4) is 5.75 Å². The van der Waals surface area contributed by atoms with Gasteiger partial charge < -0.3 is 10.4 Å². The summed E-state index contributed by atoms with van der Waals surface area (Å²) in [6.07, 6.45) is 3.23. The van der Waals surface area contributed by atoms with Crippen molar-refractivity contribution in [2.45, 2.75) is 13.8 Å². The number of aromatic hydroxyl groups is 1. The van der Waals surface area contributed by atoms with Gasteiger partial charge in [0.25, 0.3) is 0 Å². The van der Waals surface area contributed by atoms with Crippen LogP contribution in [0.4, 0.5) is 5.69 Å². The van der Waals surface area contributed by atoms with Gasteiger partial charge >= 0.3 is 0 Å². The molecule has 1 aromatic heterocycles. The van der Waals surface area contributed by atoms with E-state index >= 15 is 0 Å². The summed E-state index contributed by atoms with van der Waals surface area (Å²) >= 11 is 1.62. The molecule has 2 N–H and O–H groups in total. The normalized spacial score (nSPS) is 10.8. The van der Waals surface area contributed by atoms with Gasteiger partial charge in [-0.15, -0.1) is 11.3 Å². The molecule has 2 aromatic rings. The predicted octanol–water partition coefficient (Wildman–Crippen LogP) is 3.72. The van der Waals surface area contributed by atoms with Gasteiger partial charge in [0.1, 0.15) is 5.75 Å². The first kappa shape index (κ1) is 13.4. The van der Waals surface area contributed by atoms with Gasteiger partial charge in [0.15, 0.2) is 0 Å². The van der Waals surface area contributed by atoms with Gasteiger partial charge in [-0.25, -0.2) is 0 Å². The Morgan fingerprint density at radius 3 is 2.68 bits per heavy atom. The molecule has 19 heavy (non-hydrogen) atoms. The molecule has 98 valence electrons. The van der Waals surface area contributed by atoms with Crippen molar-refractivity contribution >= 4 is 29.0 Å². The van der Waals surface area contributed by atoms with E-state index in [-0.39, 0.29) is 11.7 Å². The van der Waals surface area contributed by atoms with Gasteiger partial charge in [0.2, 0.25) is 5.91 Å². The Morgan fingerprint density at radius 2 is 2.05 bits per heavy atom. The smallest absolute Gasteiger partial charge is 0.248 e. The number of anilines is 1. The van der Waals surface area contributed by atoms with E-state index < -0.39 is 0 Å². The summed E-state index contributed by atoms with van der Waals surface area (Å²) in [6, 6.07) is 9.11. The van der Waals surface area contributed by atoms with Crippen molar-refractivity contribution in [2.24, 2.45) is 0 Å². The van der Waals surface area contributed by atoms with Gasteiger partial charge in [-0.3, -0.25) is 4.79 Å². The fraction of sp³-hybridized carbons (Fsp3) is 0.133. The number of carbonyl (C=O) groups excluding carboxylic acids is 1. The van der Waals surface area contributed by atoms with E-state index in [2.05, 4.69) is 5.32 Å². The van der Waals surface area contributed by atoms with Crippen LogP contribution in [0.15, 0.2) is 36.4 Å². The largest absolute Gasteiger partial charge is 0.506 e. The highest BCUT2D eigenvalue weighted by molar-refractivity contribution is 7.12. The average Bonchev–Trinajstić information content (AvgIpc) is 2.76. The Morgan fingerprint density at radius 1 is 1.26 bits per heavy atom. The maximum atomic E-state index is 11.7. The number of rotatable bonds is 3. The number of aryl methyl sites for hydroxylation is 2. The maximum Gasteiger partial charge on any atom is 0.248 e. The summed E-state index contributed by atoms with van der Waals surface area (Å²) in [6.45, 7) is 3.90. The number of amides is 1. The molecule has 2 rings (SSSR count). The molecule has 0 saturated heterocycles. The summed E-state index contributed by atoms with van der Waals surface area (Å²) in [5.74, 6) is -0.182. The first-order valence-electron chi connectivity index (χ1n) is 5.90. The van der Waals surface area contributed by atoms with Crippen molar-refractivity contribution in [3.05, 3.63) is 51.7 Å². The van der Waals surface area contributed by atoms with Crippen molar-refractivity contribution in [2.75, 3.05) is 5.32 Å². The highest BCUT2D eigenvalue weighted by Gasteiger charge is 2.03. The molecule has 1 amide bonds. The molecular weight excluding hydrogens is 258 g/mol. The zero-order valence-corrected chi connectivity index (χ0v) is 11.6. The molecule has 0 aliphatic carbocycles. The topological polar surface area (TPSA) is 49.3 Å². The highest BCUT2D eigenvalue weighted by atomic mass is 32.1. The molecule has 0 aliphatic rings. The molecule has 0 spiro atoms. The van der Waals surface area contributed by atoms with Gasteiger partial charge in [-0.2, -0.15) is 0 Å². The number of nitrogens with one attached hydrogen (secondary N) is 1. The van der Waals surface area contributed by atoms with Crippen LogP contribution in [-0.2, 0) is 4.79 Å². The molecule has 0 unspecified atom stereocenters. The van der Waals surface area contributed by atoms with Crippen LogP contribution in [-0.4, -0.2) is 11.0 Å². The summed E-state index contributed by atoms with van der Waals surface area (Å²) in [7, 11) is 0. The number of carbonyl (C=O) groups is 1. The van der Waals surface area contributed by atoms with Gasteiger partial charge in [0.05, 0.1) is 5.69 Å². The lowest BCUT2D eigenvalue weighted by molar-refractivity contribution is -0.111. The maximum absolute atomic E-state index is 11.7. The van der Waals surface area contributed by atoms with Crippen LogP contribution in [0.3, 0.4) is 0 Å². The average molecular weight is 273 g/mol. The van der Waals surface area contributed by atoms with Crippen molar-refractivity contribution in [1.29, 1.82) is 0 Å². The number of phenolic OH excluding ortho intramolecular Hbond substituents is 1. The van der Waals surface area contributed by atoms with Crippen LogP contribution in [0.1, 0.15) is 15.3 Å². The van der Waals surface area contributed by atoms with Gasteiger partial charge in [0, 0.05) is 15.8 Å². The third-order valence-electron chi connectivity index (χ3n) is 2.57. The summed E-state index contributed by atoms with van der Waals surface area (Å²) in [4.78, 5) is 14.0. The fourth-order valence-corrected chi connectivity index (χ4v) is 2.40. The summed E-state index contributed by atoms with van der Waals surface area (Å²) in [5.41, 5.74) is 1.36. The van der Waals surface area contributed by atoms with Gasteiger partial charge in [-0.1, -0.05) is 6.07 Å². The standard InChI is InChI=1S/C15H15NO2S/c1-10-3-7-13(14(17)9-10)16-15(18)8-6-12-5-4-11(2)19-12/h3-9,17H,1-2H3,(H,16,18)/b8-6+. The number of hydrogen-bond acceptors (Lipinski definition) is 3. The highest BCUT2D eigenvalue weighted by Crippen LogP contribution is 2.24. The lowest BCUT2D eigenvalue weighted by Gasteiger charge is -2.05. The first-order chi connectivity index (χ1) is 9.04. The fourth-order valence-electron chi connectivity index (χ4n) is 1.62. The first-order valence-corrected chi connectivity index (χ1v) is 6.71. The van der Waals surface area contributed by atoms with Crippen LogP contribution >= 0.6 is 11.3 Å². The molecule has 1 heterocycles. The van der Waals surface area contributed by atoms with Gasteiger partial charge in [-0.05, 0) is 49.8 Å². The molecule has 4 heteroatoms. The second kappa shape index (κ2) is 5.71.